The van der Waals surface area contributed by atoms with Gasteiger partial charge in [0.25, 0.3) is 5.91 Å². The summed E-state index contributed by atoms with van der Waals surface area (Å²) in [5.41, 5.74) is 1.91. The van der Waals surface area contributed by atoms with Gasteiger partial charge in [-0.3, -0.25) is 9.59 Å². The molecule has 1 saturated heterocycles. The van der Waals surface area contributed by atoms with Crippen molar-refractivity contribution in [3.8, 4) is 0 Å². The minimum atomic E-state index is -0.857. The quantitative estimate of drug-likeness (QED) is 0.559. The number of anilines is 2. The van der Waals surface area contributed by atoms with Crippen LogP contribution in [0.25, 0.3) is 0 Å². The number of rotatable bonds is 5. The molecule has 9 heteroatoms. The number of thiocarbonyl (C=S) groups is 1. The molecule has 2 amide bonds. The highest BCUT2D eigenvalue weighted by molar-refractivity contribution is 9.11. The van der Waals surface area contributed by atoms with E-state index < -0.39 is 5.54 Å². The van der Waals surface area contributed by atoms with Crippen LogP contribution in [0.4, 0.5) is 11.4 Å². The van der Waals surface area contributed by atoms with E-state index in [-0.39, 0.29) is 11.8 Å². The number of carbonyl (C=O) groups excluding carboxylic acids is 2. The second-order valence-electron chi connectivity index (χ2n) is 7.86. The van der Waals surface area contributed by atoms with Crippen LogP contribution in [0.3, 0.4) is 0 Å². The van der Waals surface area contributed by atoms with Gasteiger partial charge in [0.05, 0.1) is 26.9 Å². The third-order valence-corrected chi connectivity index (χ3v) is 7.80. The molecule has 31 heavy (non-hydrogen) atoms. The van der Waals surface area contributed by atoms with Crippen molar-refractivity contribution in [2.24, 2.45) is 0 Å². The Labute approximate surface area is 199 Å². The molecule has 0 unspecified atom stereocenters. The number of nitrogens with one attached hydrogen (secondary N) is 2. The highest BCUT2D eigenvalue weighted by Crippen LogP contribution is 2.35. The maximum Gasteiger partial charge on any atom is 0.262 e. The normalized spacial score (nSPS) is 18.1. The first-order chi connectivity index (χ1) is 14.9. The zero-order valence-corrected chi connectivity index (χ0v) is 20.4. The van der Waals surface area contributed by atoms with Crippen LogP contribution in [0.15, 0.2) is 34.1 Å². The minimum absolute atomic E-state index is 0.173. The Morgan fingerprint density at radius 3 is 2.68 bits per heavy atom. The number of hydrogen-bond donors (Lipinski definition) is 2. The molecule has 1 aromatic heterocycles. The first-order valence-corrected chi connectivity index (χ1v) is 12.3. The molecular formula is C22H24BrN3O3S2. The van der Waals surface area contributed by atoms with Crippen molar-refractivity contribution in [2.75, 3.05) is 30.0 Å². The third-order valence-electron chi connectivity index (χ3n) is 5.76. The van der Waals surface area contributed by atoms with Crippen molar-refractivity contribution in [3.05, 3.63) is 44.6 Å². The lowest BCUT2D eigenvalue weighted by atomic mass is 9.75. The molecule has 2 heterocycles. The first-order valence-electron chi connectivity index (χ1n) is 10.3. The Hall–Kier alpha value is -1.81. The predicted octanol–water partition coefficient (Wildman–Crippen LogP) is 4.66. The monoisotopic (exact) mass is 521 g/mol. The molecule has 164 valence electrons. The van der Waals surface area contributed by atoms with Crippen LogP contribution in [0.5, 0.6) is 0 Å². The van der Waals surface area contributed by atoms with E-state index in [4.69, 9.17) is 17.0 Å². The van der Waals surface area contributed by atoms with Gasteiger partial charge in [-0.15, -0.1) is 11.3 Å². The van der Waals surface area contributed by atoms with Crippen LogP contribution >= 0.6 is 39.5 Å². The summed E-state index contributed by atoms with van der Waals surface area (Å²) in [4.78, 5) is 29.3. The van der Waals surface area contributed by atoms with Gasteiger partial charge < -0.3 is 20.3 Å². The van der Waals surface area contributed by atoms with Gasteiger partial charge in [0.1, 0.15) is 5.54 Å². The van der Waals surface area contributed by atoms with Gasteiger partial charge in [-0.2, -0.15) is 0 Å². The highest BCUT2D eigenvalue weighted by Gasteiger charge is 2.45. The average molecular weight is 522 g/mol. The summed E-state index contributed by atoms with van der Waals surface area (Å²) in [6, 6.07) is 9.41. The summed E-state index contributed by atoms with van der Waals surface area (Å²) in [6.45, 7) is 4.02. The Balaban J connectivity index is 1.46. The number of hydrogen-bond acceptors (Lipinski definition) is 5. The number of benzene rings is 1. The molecule has 4 rings (SSSR count). The number of nitrogens with zero attached hydrogens (tertiary/aromatic N) is 1. The van der Waals surface area contributed by atoms with Crippen molar-refractivity contribution >= 4 is 67.7 Å². The van der Waals surface area contributed by atoms with Crippen molar-refractivity contribution in [2.45, 2.75) is 38.1 Å². The van der Waals surface area contributed by atoms with Crippen LogP contribution in [-0.2, 0) is 9.53 Å². The van der Waals surface area contributed by atoms with Gasteiger partial charge in [-0.05, 0) is 78.0 Å². The molecule has 2 aliphatic rings. The Kier molecular flexibility index (Phi) is 6.76. The van der Waals surface area contributed by atoms with Crippen LogP contribution in [0, 0.1) is 6.92 Å². The molecule has 1 aliphatic heterocycles. The van der Waals surface area contributed by atoms with Gasteiger partial charge in [-0.25, -0.2) is 0 Å². The number of amides is 2. The van der Waals surface area contributed by atoms with E-state index in [0.717, 1.165) is 39.4 Å². The Bertz CT molecular complexity index is 1020. The van der Waals surface area contributed by atoms with E-state index in [2.05, 4.69) is 31.5 Å². The summed E-state index contributed by atoms with van der Waals surface area (Å²) < 4.78 is 6.42. The zero-order chi connectivity index (χ0) is 22.0. The summed E-state index contributed by atoms with van der Waals surface area (Å²) in [7, 11) is 0. The van der Waals surface area contributed by atoms with E-state index in [9.17, 15) is 9.59 Å². The van der Waals surface area contributed by atoms with Crippen LogP contribution in [0.2, 0.25) is 0 Å². The summed E-state index contributed by atoms with van der Waals surface area (Å²) in [5, 5.41) is 5.98. The van der Waals surface area contributed by atoms with Crippen molar-refractivity contribution in [1.29, 1.82) is 0 Å². The molecule has 6 nitrogen and oxygen atoms in total. The standard InChI is InChI=1S/C22H24BrN3O3S2/c1-14-13-15(3-4-16(14)26-10-12-29-11-7-19(26)30)24-21(28)22(8-2-9-22)25-20(27)17-5-6-18(23)31-17/h3-6,13H,2,7-12H2,1H3,(H,24,28)(H,25,27). The summed E-state index contributed by atoms with van der Waals surface area (Å²) in [6.07, 6.45) is 2.91. The fraction of sp³-hybridized carbons (Fsp3) is 0.409. The SMILES string of the molecule is Cc1cc(NC(=O)C2(NC(=O)c3ccc(Br)s3)CCC2)ccc1N1CCOCCC1=S. The maximum absolute atomic E-state index is 13.1. The van der Waals surface area contributed by atoms with Crippen LogP contribution in [-0.4, -0.2) is 42.1 Å². The molecule has 0 spiro atoms. The van der Waals surface area contributed by atoms with E-state index >= 15 is 0 Å². The lowest BCUT2D eigenvalue weighted by molar-refractivity contribution is -0.125. The number of carbonyl (C=O) groups is 2. The van der Waals surface area contributed by atoms with Gasteiger partial charge in [0, 0.05) is 24.3 Å². The molecular weight excluding hydrogens is 498 g/mol. The molecule has 1 saturated carbocycles. The predicted molar refractivity (Wildman–Crippen MR) is 131 cm³/mol. The lowest BCUT2D eigenvalue weighted by Gasteiger charge is -2.40. The lowest BCUT2D eigenvalue weighted by Crippen LogP contribution is -2.61. The molecule has 1 aromatic carbocycles. The van der Waals surface area contributed by atoms with E-state index in [0.29, 0.717) is 36.6 Å². The third kappa shape index (κ3) is 4.84. The molecule has 0 bridgehead atoms. The fourth-order valence-corrected chi connectivity index (χ4v) is 5.43. The van der Waals surface area contributed by atoms with E-state index in [1.54, 1.807) is 6.07 Å². The molecule has 1 aliphatic carbocycles. The zero-order valence-electron chi connectivity index (χ0n) is 17.2. The first kappa shape index (κ1) is 22.4. The van der Waals surface area contributed by atoms with Crippen molar-refractivity contribution in [3.63, 3.8) is 0 Å². The second-order valence-corrected chi connectivity index (χ2v) is 10.8. The molecule has 2 aromatic rings. The molecule has 2 N–H and O–H groups in total. The maximum atomic E-state index is 13.1. The van der Waals surface area contributed by atoms with E-state index in [1.807, 2.05) is 31.2 Å². The molecule has 0 atom stereocenters. The number of ether oxygens (including phenoxy) is 1. The average Bonchev–Trinajstić information content (AvgIpc) is 3.03. The number of halogens is 1. The molecule has 0 radical (unpaired) electrons. The summed E-state index contributed by atoms with van der Waals surface area (Å²) in [5.74, 6) is -0.387. The fourth-order valence-electron chi connectivity index (χ4n) is 3.87. The smallest absolute Gasteiger partial charge is 0.262 e. The summed E-state index contributed by atoms with van der Waals surface area (Å²) >= 11 is 10.3. The van der Waals surface area contributed by atoms with Crippen LogP contribution in [0.1, 0.15) is 40.9 Å². The number of aryl methyl sites for hydroxylation is 1. The number of thiophene rings is 1. The van der Waals surface area contributed by atoms with Gasteiger partial charge >= 0.3 is 0 Å². The largest absolute Gasteiger partial charge is 0.379 e. The van der Waals surface area contributed by atoms with Crippen molar-refractivity contribution in [1.82, 2.24) is 5.32 Å². The second kappa shape index (κ2) is 9.36. The Morgan fingerprint density at radius 2 is 2.03 bits per heavy atom. The Morgan fingerprint density at radius 1 is 1.23 bits per heavy atom. The highest BCUT2D eigenvalue weighted by atomic mass is 79.9. The van der Waals surface area contributed by atoms with Gasteiger partial charge in [0.15, 0.2) is 0 Å². The minimum Gasteiger partial charge on any atom is -0.379 e. The van der Waals surface area contributed by atoms with Gasteiger partial charge in [0.2, 0.25) is 5.91 Å². The molecule has 2 fully saturated rings. The topological polar surface area (TPSA) is 70.7 Å². The van der Waals surface area contributed by atoms with E-state index in [1.165, 1.54) is 11.3 Å². The van der Waals surface area contributed by atoms with Gasteiger partial charge in [-0.1, -0.05) is 12.2 Å². The van der Waals surface area contributed by atoms with Crippen LogP contribution < -0.4 is 15.5 Å². The van der Waals surface area contributed by atoms with Crippen molar-refractivity contribution < 1.29 is 14.3 Å².